The number of nitrogens with zero attached hydrogens (tertiary/aromatic N) is 2. The molecule has 0 unspecified atom stereocenters. The summed E-state index contributed by atoms with van der Waals surface area (Å²) < 4.78 is 4.50. The van der Waals surface area contributed by atoms with Gasteiger partial charge in [0, 0.05) is 43.3 Å². The van der Waals surface area contributed by atoms with Gasteiger partial charge >= 0.3 is 0 Å². The van der Waals surface area contributed by atoms with E-state index in [0.29, 0.717) is 0 Å². The lowest BCUT2D eigenvalue weighted by molar-refractivity contribution is 0.769. The Bertz CT molecular complexity index is 430. The Balaban J connectivity index is 2.29. The average molecular weight is 202 g/mol. The molecule has 0 bridgehead atoms. The zero-order valence-electron chi connectivity index (χ0n) is 9.91. The first-order valence-electron chi connectivity index (χ1n) is 5.32. The van der Waals surface area contributed by atoms with E-state index < -0.39 is 0 Å². The third-order valence-corrected chi connectivity index (χ3v) is 3.32. The van der Waals surface area contributed by atoms with Crippen molar-refractivity contribution in [1.82, 2.24) is 9.13 Å². The van der Waals surface area contributed by atoms with E-state index in [9.17, 15) is 0 Å². The van der Waals surface area contributed by atoms with Gasteiger partial charge < -0.3 is 9.13 Å². The van der Waals surface area contributed by atoms with Crippen LogP contribution in [0.5, 0.6) is 0 Å². The van der Waals surface area contributed by atoms with Gasteiger partial charge in [0.2, 0.25) is 0 Å². The van der Waals surface area contributed by atoms with Crippen molar-refractivity contribution in [3.63, 3.8) is 0 Å². The van der Waals surface area contributed by atoms with Gasteiger partial charge in [-0.2, -0.15) is 0 Å². The fourth-order valence-electron chi connectivity index (χ4n) is 1.87. The second-order valence-corrected chi connectivity index (χ2v) is 4.23. The molecule has 0 aliphatic heterocycles. The van der Waals surface area contributed by atoms with Gasteiger partial charge in [0.1, 0.15) is 0 Å². The van der Waals surface area contributed by atoms with Crippen molar-refractivity contribution < 1.29 is 0 Å². The minimum absolute atomic E-state index is 1.01. The third kappa shape index (κ3) is 1.72. The fourth-order valence-corrected chi connectivity index (χ4v) is 1.87. The second-order valence-electron chi connectivity index (χ2n) is 4.23. The quantitative estimate of drug-likeness (QED) is 0.708. The van der Waals surface area contributed by atoms with Crippen LogP contribution in [0, 0.1) is 13.8 Å². The summed E-state index contributed by atoms with van der Waals surface area (Å²) in [6, 6.07) is 8.76. The lowest BCUT2D eigenvalue weighted by Crippen LogP contribution is -2.03. The molecule has 0 aromatic carbocycles. The topological polar surface area (TPSA) is 9.86 Å². The van der Waals surface area contributed by atoms with E-state index in [1.165, 1.54) is 22.8 Å². The Morgan fingerprint density at radius 1 is 0.800 bits per heavy atom. The molecule has 0 radical (unpaired) electrons. The van der Waals surface area contributed by atoms with Crippen LogP contribution < -0.4 is 0 Å². The van der Waals surface area contributed by atoms with Crippen LogP contribution in [-0.4, -0.2) is 9.13 Å². The zero-order valence-corrected chi connectivity index (χ0v) is 9.91. The van der Waals surface area contributed by atoms with Crippen LogP contribution in [0.3, 0.4) is 0 Å². The van der Waals surface area contributed by atoms with Gasteiger partial charge in [-0.15, -0.1) is 0 Å². The highest BCUT2D eigenvalue weighted by Gasteiger charge is 2.05. The SMILES string of the molecule is Cc1ccc(Cc2ccc(C)n2C)n1C. The highest BCUT2D eigenvalue weighted by Crippen LogP contribution is 2.14. The van der Waals surface area contributed by atoms with Gasteiger partial charge in [-0.1, -0.05) is 0 Å². The molecule has 2 heteroatoms. The molecule has 15 heavy (non-hydrogen) atoms. The molecule has 2 aromatic heterocycles. The maximum absolute atomic E-state index is 2.25. The van der Waals surface area contributed by atoms with Crippen molar-refractivity contribution in [1.29, 1.82) is 0 Å². The second kappa shape index (κ2) is 3.61. The standard InChI is InChI=1S/C13H18N2/c1-10-5-7-12(14(10)3)9-13-8-6-11(2)15(13)4/h5-8H,9H2,1-4H3. The zero-order chi connectivity index (χ0) is 11.0. The van der Waals surface area contributed by atoms with E-state index in [0.717, 1.165) is 6.42 Å². The van der Waals surface area contributed by atoms with Crippen molar-refractivity contribution in [3.05, 3.63) is 47.0 Å². The van der Waals surface area contributed by atoms with Crippen molar-refractivity contribution in [2.45, 2.75) is 20.3 Å². The van der Waals surface area contributed by atoms with Gasteiger partial charge in [0.05, 0.1) is 0 Å². The van der Waals surface area contributed by atoms with Gasteiger partial charge in [-0.05, 0) is 38.1 Å². The minimum atomic E-state index is 1.01. The lowest BCUT2D eigenvalue weighted by Gasteiger charge is -2.07. The predicted molar refractivity (Wildman–Crippen MR) is 63.1 cm³/mol. The largest absolute Gasteiger partial charge is 0.352 e. The molecule has 0 aliphatic rings. The molecule has 0 spiro atoms. The van der Waals surface area contributed by atoms with Crippen LogP contribution in [-0.2, 0) is 20.5 Å². The molecular formula is C13H18N2. The molecule has 0 atom stereocenters. The molecule has 0 saturated heterocycles. The van der Waals surface area contributed by atoms with E-state index in [2.05, 4.69) is 61.3 Å². The summed E-state index contributed by atoms with van der Waals surface area (Å²) in [6.45, 7) is 4.28. The first kappa shape index (κ1) is 10.1. The smallest absolute Gasteiger partial charge is 0.0282 e. The van der Waals surface area contributed by atoms with Crippen LogP contribution in [0.2, 0.25) is 0 Å². The monoisotopic (exact) mass is 202 g/mol. The van der Waals surface area contributed by atoms with Crippen molar-refractivity contribution in [2.24, 2.45) is 14.1 Å². The van der Waals surface area contributed by atoms with Crippen molar-refractivity contribution in [2.75, 3.05) is 0 Å². The summed E-state index contributed by atoms with van der Waals surface area (Å²) >= 11 is 0. The molecular weight excluding hydrogens is 184 g/mol. The van der Waals surface area contributed by atoms with E-state index >= 15 is 0 Å². The van der Waals surface area contributed by atoms with Gasteiger partial charge in [-0.25, -0.2) is 0 Å². The van der Waals surface area contributed by atoms with Crippen molar-refractivity contribution >= 4 is 0 Å². The van der Waals surface area contributed by atoms with E-state index in [-0.39, 0.29) is 0 Å². The maximum Gasteiger partial charge on any atom is 0.0282 e. The Kier molecular flexibility index (Phi) is 2.43. The number of hydrogen-bond donors (Lipinski definition) is 0. The molecule has 80 valence electrons. The molecule has 2 aromatic rings. The summed E-state index contributed by atoms with van der Waals surface area (Å²) in [5, 5.41) is 0. The Morgan fingerprint density at radius 2 is 1.20 bits per heavy atom. The molecule has 0 fully saturated rings. The normalized spacial score (nSPS) is 10.9. The molecule has 2 rings (SSSR count). The number of aromatic nitrogens is 2. The minimum Gasteiger partial charge on any atom is -0.352 e. The third-order valence-electron chi connectivity index (χ3n) is 3.32. The van der Waals surface area contributed by atoms with E-state index in [1.54, 1.807) is 0 Å². The van der Waals surface area contributed by atoms with Gasteiger partial charge in [0.15, 0.2) is 0 Å². The molecule has 2 heterocycles. The Morgan fingerprint density at radius 3 is 1.47 bits per heavy atom. The summed E-state index contributed by atoms with van der Waals surface area (Å²) in [5.41, 5.74) is 5.37. The lowest BCUT2D eigenvalue weighted by atomic mass is 10.2. The van der Waals surface area contributed by atoms with Crippen LogP contribution in [0.25, 0.3) is 0 Å². The molecule has 2 nitrogen and oxygen atoms in total. The predicted octanol–water partition coefficient (Wildman–Crippen LogP) is 2.57. The van der Waals surface area contributed by atoms with Crippen LogP contribution in [0.15, 0.2) is 24.3 Å². The Hall–Kier alpha value is -1.44. The fraction of sp³-hybridized carbons (Fsp3) is 0.385. The molecule has 0 N–H and O–H groups in total. The number of aryl methyl sites for hydroxylation is 2. The van der Waals surface area contributed by atoms with Gasteiger partial charge in [0.25, 0.3) is 0 Å². The van der Waals surface area contributed by atoms with Crippen LogP contribution in [0.4, 0.5) is 0 Å². The highest BCUT2D eigenvalue weighted by molar-refractivity contribution is 5.23. The van der Waals surface area contributed by atoms with Crippen LogP contribution >= 0.6 is 0 Å². The highest BCUT2D eigenvalue weighted by atomic mass is 15.0. The summed E-state index contributed by atoms with van der Waals surface area (Å²) in [7, 11) is 4.25. The molecule has 0 amide bonds. The maximum atomic E-state index is 2.25. The van der Waals surface area contributed by atoms with Gasteiger partial charge in [-0.3, -0.25) is 0 Å². The number of rotatable bonds is 2. The summed E-state index contributed by atoms with van der Waals surface area (Å²) in [4.78, 5) is 0. The summed E-state index contributed by atoms with van der Waals surface area (Å²) in [5.74, 6) is 0. The van der Waals surface area contributed by atoms with E-state index in [1.807, 2.05) is 0 Å². The summed E-state index contributed by atoms with van der Waals surface area (Å²) in [6.07, 6.45) is 1.01. The first-order chi connectivity index (χ1) is 7.09. The first-order valence-corrected chi connectivity index (χ1v) is 5.32. The molecule has 0 aliphatic carbocycles. The molecule has 0 saturated carbocycles. The van der Waals surface area contributed by atoms with Crippen LogP contribution in [0.1, 0.15) is 22.8 Å². The Labute approximate surface area is 91.2 Å². The van der Waals surface area contributed by atoms with E-state index in [4.69, 9.17) is 0 Å². The average Bonchev–Trinajstić information content (AvgIpc) is 2.68. The number of hydrogen-bond acceptors (Lipinski definition) is 0. The van der Waals surface area contributed by atoms with Crippen molar-refractivity contribution in [3.8, 4) is 0 Å².